The summed E-state index contributed by atoms with van der Waals surface area (Å²) in [4.78, 5) is 12.7. The fraction of sp³-hybridized carbons (Fsp3) is 0.381. The monoisotopic (exact) mass is 355 g/mol. The molecule has 1 atom stereocenters. The lowest BCUT2D eigenvalue weighted by Gasteiger charge is -2.25. The Labute approximate surface area is 154 Å². The van der Waals surface area contributed by atoms with Crippen molar-refractivity contribution in [1.82, 2.24) is 5.32 Å². The first kappa shape index (κ1) is 18.3. The van der Waals surface area contributed by atoms with Gasteiger partial charge < -0.3 is 19.5 Å². The minimum atomic E-state index is -0.529. The summed E-state index contributed by atoms with van der Waals surface area (Å²) in [5.41, 5.74) is 1.58. The summed E-state index contributed by atoms with van der Waals surface area (Å²) >= 11 is 0. The first-order valence-electron chi connectivity index (χ1n) is 8.79. The van der Waals surface area contributed by atoms with Crippen molar-refractivity contribution in [2.75, 3.05) is 6.79 Å². The summed E-state index contributed by atoms with van der Waals surface area (Å²) in [7, 11) is 0. The zero-order chi connectivity index (χ0) is 18.6. The minimum absolute atomic E-state index is 0.237. The molecule has 0 fully saturated rings. The maximum absolute atomic E-state index is 12.7. The maximum atomic E-state index is 12.7. The Morgan fingerprint density at radius 2 is 1.81 bits per heavy atom. The van der Waals surface area contributed by atoms with Gasteiger partial charge in [0.2, 0.25) is 6.79 Å². The summed E-state index contributed by atoms with van der Waals surface area (Å²) in [6.45, 7) is 6.45. The molecule has 1 aliphatic heterocycles. The van der Waals surface area contributed by atoms with E-state index in [-0.39, 0.29) is 12.8 Å². The molecule has 1 aliphatic rings. The lowest BCUT2D eigenvalue weighted by atomic mass is 10.0. The topological polar surface area (TPSA) is 56.8 Å². The number of ether oxygens (including phenoxy) is 3. The highest BCUT2D eigenvalue weighted by atomic mass is 16.7. The van der Waals surface area contributed by atoms with Gasteiger partial charge in [0.05, 0.1) is 0 Å². The van der Waals surface area contributed by atoms with Crippen molar-refractivity contribution in [3.8, 4) is 11.5 Å². The predicted octanol–water partition coefficient (Wildman–Crippen LogP) is 3.46. The van der Waals surface area contributed by atoms with Crippen molar-refractivity contribution >= 4 is 5.97 Å². The van der Waals surface area contributed by atoms with Crippen molar-refractivity contribution in [2.45, 2.75) is 45.4 Å². The molecule has 5 nitrogen and oxygen atoms in total. The van der Waals surface area contributed by atoms with Crippen LogP contribution in [0.25, 0.3) is 0 Å². The first-order valence-corrected chi connectivity index (χ1v) is 8.79. The highest BCUT2D eigenvalue weighted by Gasteiger charge is 2.26. The van der Waals surface area contributed by atoms with E-state index in [2.05, 4.69) is 5.32 Å². The number of rotatable bonds is 6. The first-order chi connectivity index (χ1) is 12.4. The van der Waals surface area contributed by atoms with E-state index >= 15 is 0 Å². The Bertz CT molecular complexity index is 752. The van der Waals surface area contributed by atoms with Crippen LogP contribution in [0.5, 0.6) is 11.5 Å². The molecule has 0 spiro atoms. The summed E-state index contributed by atoms with van der Waals surface area (Å²) in [5.74, 6) is 1.19. The highest BCUT2D eigenvalue weighted by Crippen LogP contribution is 2.32. The fourth-order valence-corrected chi connectivity index (χ4v) is 2.75. The SMILES string of the molecule is CC(C)(C)OC(=O)C(Cc1ccc2c(c1)OCO2)NCc1ccccc1. The van der Waals surface area contributed by atoms with Crippen LogP contribution in [0.2, 0.25) is 0 Å². The Morgan fingerprint density at radius 1 is 1.08 bits per heavy atom. The van der Waals surface area contributed by atoms with Crippen molar-refractivity contribution < 1.29 is 19.0 Å². The third kappa shape index (κ3) is 4.99. The van der Waals surface area contributed by atoms with Crippen LogP contribution in [-0.2, 0) is 22.5 Å². The van der Waals surface area contributed by atoms with Crippen LogP contribution < -0.4 is 14.8 Å². The van der Waals surface area contributed by atoms with Gasteiger partial charge in [-0.25, -0.2) is 0 Å². The van der Waals surface area contributed by atoms with Gasteiger partial charge >= 0.3 is 5.97 Å². The number of hydrogen-bond acceptors (Lipinski definition) is 5. The number of fused-ring (bicyclic) bond motifs is 1. The summed E-state index contributed by atoms with van der Waals surface area (Å²) in [6.07, 6.45) is 0.512. The van der Waals surface area contributed by atoms with Gasteiger partial charge in [-0.2, -0.15) is 0 Å². The molecule has 2 aromatic rings. The molecule has 0 saturated heterocycles. The second-order valence-electron chi connectivity index (χ2n) is 7.34. The fourth-order valence-electron chi connectivity index (χ4n) is 2.75. The molecule has 0 aromatic heterocycles. The summed E-state index contributed by atoms with van der Waals surface area (Å²) in [5, 5.41) is 3.33. The molecule has 1 heterocycles. The third-order valence-corrected chi connectivity index (χ3v) is 3.96. The lowest BCUT2D eigenvalue weighted by Crippen LogP contribution is -2.42. The normalized spacial score (nSPS) is 14.1. The number of benzene rings is 2. The minimum Gasteiger partial charge on any atom is -0.459 e. The quantitative estimate of drug-likeness (QED) is 0.804. The smallest absolute Gasteiger partial charge is 0.324 e. The zero-order valence-electron chi connectivity index (χ0n) is 15.5. The molecule has 5 heteroatoms. The van der Waals surface area contributed by atoms with Gasteiger partial charge in [0.15, 0.2) is 11.5 Å². The predicted molar refractivity (Wildman–Crippen MR) is 99.2 cm³/mol. The van der Waals surface area contributed by atoms with Gasteiger partial charge in [-0.15, -0.1) is 0 Å². The average molecular weight is 355 g/mol. The van der Waals surface area contributed by atoms with Crippen LogP contribution in [0.15, 0.2) is 48.5 Å². The highest BCUT2D eigenvalue weighted by molar-refractivity contribution is 5.76. The van der Waals surface area contributed by atoms with Gasteiger partial charge in [0, 0.05) is 6.54 Å². The van der Waals surface area contributed by atoms with Crippen molar-refractivity contribution in [2.24, 2.45) is 0 Å². The van der Waals surface area contributed by atoms with Crippen LogP contribution in [0.3, 0.4) is 0 Å². The molecule has 0 amide bonds. The second-order valence-corrected chi connectivity index (χ2v) is 7.34. The van der Waals surface area contributed by atoms with Gasteiger partial charge in [0.1, 0.15) is 11.6 Å². The van der Waals surface area contributed by atoms with Gasteiger partial charge in [-0.1, -0.05) is 36.4 Å². The van der Waals surface area contributed by atoms with Crippen LogP contribution >= 0.6 is 0 Å². The summed E-state index contributed by atoms with van der Waals surface area (Å²) in [6, 6.07) is 15.3. The molecule has 0 aliphatic carbocycles. The number of hydrogen-bond donors (Lipinski definition) is 1. The molecule has 3 rings (SSSR count). The van der Waals surface area contributed by atoms with Gasteiger partial charge in [-0.05, 0) is 50.5 Å². The van der Waals surface area contributed by atoms with E-state index in [4.69, 9.17) is 14.2 Å². The molecular weight excluding hydrogens is 330 g/mol. The second kappa shape index (κ2) is 7.79. The van der Waals surface area contributed by atoms with E-state index in [1.54, 1.807) is 0 Å². The van der Waals surface area contributed by atoms with E-state index in [0.29, 0.717) is 18.7 Å². The zero-order valence-corrected chi connectivity index (χ0v) is 15.5. The molecule has 1 unspecified atom stereocenters. The molecule has 2 aromatic carbocycles. The molecule has 1 N–H and O–H groups in total. The van der Waals surface area contributed by atoms with E-state index in [9.17, 15) is 4.79 Å². The van der Waals surface area contributed by atoms with E-state index in [0.717, 1.165) is 16.9 Å². The van der Waals surface area contributed by atoms with Crippen molar-refractivity contribution in [3.63, 3.8) is 0 Å². The Balaban J connectivity index is 1.72. The van der Waals surface area contributed by atoms with Crippen LogP contribution in [0, 0.1) is 0 Å². The summed E-state index contributed by atoms with van der Waals surface area (Å²) < 4.78 is 16.4. The van der Waals surface area contributed by atoms with Gasteiger partial charge in [0.25, 0.3) is 0 Å². The number of carbonyl (C=O) groups is 1. The van der Waals surface area contributed by atoms with Crippen molar-refractivity contribution in [3.05, 3.63) is 59.7 Å². The molecule has 0 saturated carbocycles. The van der Waals surface area contributed by atoms with Crippen LogP contribution in [0.4, 0.5) is 0 Å². The number of nitrogens with one attached hydrogen (secondary N) is 1. The Hall–Kier alpha value is -2.53. The molecule has 26 heavy (non-hydrogen) atoms. The molecule has 0 radical (unpaired) electrons. The maximum Gasteiger partial charge on any atom is 0.324 e. The largest absolute Gasteiger partial charge is 0.459 e. The molecule has 138 valence electrons. The van der Waals surface area contributed by atoms with Crippen LogP contribution in [-0.4, -0.2) is 24.4 Å². The Morgan fingerprint density at radius 3 is 2.54 bits per heavy atom. The van der Waals surface area contributed by atoms with E-state index in [1.807, 2.05) is 69.3 Å². The number of esters is 1. The van der Waals surface area contributed by atoms with Crippen molar-refractivity contribution in [1.29, 1.82) is 0 Å². The number of carbonyl (C=O) groups excluding carboxylic acids is 1. The average Bonchev–Trinajstić information content (AvgIpc) is 3.05. The van der Waals surface area contributed by atoms with Gasteiger partial charge in [-0.3, -0.25) is 4.79 Å². The standard InChI is InChI=1S/C21H25NO4/c1-21(2,3)26-20(23)17(22-13-15-7-5-4-6-8-15)11-16-9-10-18-19(12-16)25-14-24-18/h4-10,12,17,22H,11,13-14H2,1-3H3. The van der Waals surface area contributed by atoms with Crippen LogP contribution in [0.1, 0.15) is 31.9 Å². The third-order valence-electron chi connectivity index (χ3n) is 3.96. The molecular formula is C21H25NO4. The lowest BCUT2D eigenvalue weighted by molar-refractivity contribution is -0.157. The van der Waals surface area contributed by atoms with E-state index < -0.39 is 11.6 Å². The Kier molecular flexibility index (Phi) is 5.47. The van der Waals surface area contributed by atoms with E-state index in [1.165, 1.54) is 0 Å². The molecule has 0 bridgehead atoms.